The maximum absolute atomic E-state index is 12.9. The number of nitrogens with zero attached hydrogens (tertiary/aromatic N) is 1. The fraction of sp³-hybridized carbons (Fsp3) is 0.0714. The lowest BCUT2D eigenvalue weighted by molar-refractivity contribution is 0.373. The van der Waals surface area contributed by atoms with Gasteiger partial charge in [-0.3, -0.25) is 4.99 Å². The molecule has 0 saturated carbocycles. The van der Waals surface area contributed by atoms with Crippen molar-refractivity contribution in [2.24, 2.45) is 4.99 Å². The van der Waals surface area contributed by atoms with Crippen molar-refractivity contribution in [2.75, 3.05) is 7.11 Å². The van der Waals surface area contributed by atoms with Crippen LogP contribution in [-0.2, 0) is 0 Å². The first-order valence-electron chi connectivity index (χ1n) is 5.47. The molecule has 0 unspecified atom stereocenters. The van der Waals surface area contributed by atoms with Crippen LogP contribution in [-0.4, -0.2) is 18.4 Å². The number of aliphatic imine (C=N–C) groups is 1. The summed E-state index contributed by atoms with van der Waals surface area (Å²) < 4.78 is 17.9. The van der Waals surface area contributed by atoms with Crippen molar-refractivity contribution in [1.82, 2.24) is 0 Å². The molecule has 0 saturated heterocycles. The summed E-state index contributed by atoms with van der Waals surface area (Å²) >= 11 is 5.85. The van der Waals surface area contributed by atoms with Gasteiger partial charge >= 0.3 is 0 Å². The molecule has 0 aliphatic carbocycles. The molecular formula is C14H11ClFNO2. The Bertz CT molecular complexity index is 629. The summed E-state index contributed by atoms with van der Waals surface area (Å²) in [6.45, 7) is 0. The second kappa shape index (κ2) is 5.71. The van der Waals surface area contributed by atoms with Crippen molar-refractivity contribution in [1.29, 1.82) is 0 Å². The quantitative estimate of drug-likeness (QED) is 0.865. The first-order chi connectivity index (χ1) is 9.11. The maximum atomic E-state index is 12.9. The second-order valence-corrected chi connectivity index (χ2v) is 4.16. The van der Waals surface area contributed by atoms with Crippen LogP contribution in [0.15, 0.2) is 41.4 Å². The monoisotopic (exact) mass is 279 g/mol. The molecule has 0 bridgehead atoms. The molecule has 0 amide bonds. The molecule has 0 heterocycles. The number of aromatic hydroxyl groups is 1. The number of hydrogen-bond acceptors (Lipinski definition) is 3. The Morgan fingerprint density at radius 2 is 2.11 bits per heavy atom. The Labute approximate surface area is 114 Å². The van der Waals surface area contributed by atoms with Gasteiger partial charge in [-0.25, -0.2) is 4.39 Å². The van der Waals surface area contributed by atoms with Crippen LogP contribution in [0.25, 0.3) is 0 Å². The first kappa shape index (κ1) is 13.4. The number of rotatable bonds is 3. The van der Waals surface area contributed by atoms with Crippen LogP contribution in [0.1, 0.15) is 5.56 Å². The van der Waals surface area contributed by atoms with E-state index in [0.29, 0.717) is 17.0 Å². The lowest BCUT2D eigenvalue weighted by atomic mass is 10.2. The van der Waals surface area contributed by atoms with E-state index in [2.05, 4.69) is 4.99 Å². The summed E-state index contributed by atoms with van der Waals surface area (Å²) in [5.41, 5.74) is 0.907. The van der Waals surface area contributed by atoms with Crippen molar-refractivity contribution in [2.45, 2.75) is 0 Å². The minimum Gasteiger partial charge on any atom is -0.504 e. The lowest BCUT2D eigenvalue weighted by Gasteiger charge is -2.05. The van der Waals surface area contributed by atoms with E-state index in [-0.39, 0.29) is 10.8 Å². The average molecular weight is 280 g/mol. The molecule has 19 heavy (non-hydrogen) atoms. The standard InChI is InChI=1S/C14H11ClFNO2/c1-19-13-4-2-3-9(14(13)18)8-17-12-6-5-10(16)7-11(12)15/h2-8,18H,1H3. The van der Waals surface area contributed by atoms with Gasteiger partial charge in [0.2, 0.25) is 0 Å². The summed E-state index contributed by atoms with van der Waals surface area (Å²) in [5.74, 6) is -0.0747. The number of benzene rings is 2. The van der Waals surface area contributed by atoms with Gasteiger partial charge in [0.25, 0.3) is 0 Å². The van der Waals surface area contributed by atoms with Crippen molar-refractivity contribution in [3.8, 4) is 11.5 Å². The van der Waals surface area contributed by atoms with Gasteiger partial charge in [-0.05, 0) is 30.3 Å². The van der Waals surface area contributed by atoms with Gasteiger partial charge in [0.1, 0.15) is 5.82 Å². The zero-order valence-corrected chi connectivity index (χ0v) is 10.9. The Morgan fingerprint density at radius 3 is 2.79 bits per heavy atom. The van der Waals surface area contributed by atoms with Crippen LogP contribution in [0.2, 0.25) is 5.02 Å². The normalized spacial score (nSPS) is 10.9. The largest absolute Gasteiger partial charge is 0.504 e. The number of halogens is 2. The summed E-state index contributed by atoms with van der Waals surface area (Å²) in [4.78, 5) is 4.11. The minimum atomic E-state index is -0.423. The molecule has 98 valence electrons. The summed E-state index contributed by atoms with van der Waals surface area (Å²) in [6.07, 6.45) is 1.44. The second-order valence-electron chi connectivity index (χ2n) is 3.75. The molecular weight excluding hydrogens is 269 g/mol. The van der Waals surface area contributed by atoms with Gasteiger partial charge in [0.05, 0.1) is 17.8 Å². The molecule has 1 N–H and O–H groups in total. The van der Waals surface area contributed by atoms with Crippen LogP contribution in [0.4, 0.5) is 10.1 Å². The van der Waals surface area contributed by atoms with E-state index in [0.717, 1.165) is 0 Å². The lowest BCUT2D eigenvalue weighted by Crippen LogP contribution is -1.88. The van der Waals surface area contributed by atoms with Gasteiger partial charge in [-0.1, -0.05) is 17.7 Å². The molecule has 2 aromatic carbocycles. The zero-order chi connectivity index (χ0) is 13.8. The molecule has 0 fully saturated rings. The predicted octanol–water partition coefficient (Wildman–Crippen LogP) is 3.94. The number of phenolic OH excluding ortho intramolecular Hbond substituents is 1. The number of hydrogen-bond donors (Lipinski definition) is 1. The maximum Gasteiger partial charge on any atom is 0.166 e. The van der Waals surface area contributed by atoms with Crippen molar-refractivity contribution in [3.05, 3.63) is 52.8 Å². The van der Waals surface area contributed by atoms with Crippen LogP contribution in [0, 0.1) is 5.82 Å². The topological polar surface area (TPSA) is 41.8 Å². The van der Waals surface area contributed by atoms with Crippen LogP contribution in [0.5, 0.6) is 11.5 Å². The highest BCUT2D eigenvalue weighted by Crippen LogP contribution is 2.29. The predicted molar refractivity (Wildman–Crippen MR) is 73.3 cm³/mol. The third kappa shape index (κ3) is 3.03. The van der Waals surface area contributed by atoms with E-state index in [1.807, 2.05) is 0 Å². The number of methoxy groups -OCH3 is 1. The molecule has 2 rings (SSSR count). The van der Waals surface area contributed by atoms with E-state index >= 15 is 0 Å². The summed E-state index contributed by atoms with van der Waals surface area (Å²) in [7, 11) is 1.47. The van der Waals surface area contributed by atoms with Crippen LogP contribution < -0.4 is 4.74 Å². The van der Waals surface area contributed by atoms with E-state index in [9.17, 15) is 9.50 Å². The average Bonchev–Trinajstić information content (AvgIpc) is 2.39. The molecule has 0 atom stereocenters. The summed E-state index contributed by atoms with van der Waals surface area (Å²) in [6, 6.07) is 8.96. The molecule has 0 aliphatic heterocycles. The molecule has 5 heteroatoms. The minimum absolute atomic E-state index is 0.00742. The fourth-order valence-electron chi connectivity index (χ4n) is 1.53. The highest BCUT2D eigenvalue weighted by Gasteiger charge is 2.05. The van der Waals surface area contributed by atoms with E-state index in [1.54, 1.807) is 18.2 Å². The third-order valence-electron chi connectivity index (χ3n) is 2.50. The van der Waals surface area contributed by atoms with Gasteiger partial charge in [0.15, 0.2) is 11.5 Å². The molecule has 3 nitrogen and oxygen atoms in total. The van der Waals surface area contributed by atoms with Gasteiger partial charge < -0.3 is 9.84 Å². The Hall–Kier alpha value is -2.07. The fourth-order valence-corrected chi connectivity index (χ4v) is 1.75. The van der Waals surface area contributed by atoms with Crippen molar-refractivity contribution < 1.29 is 14.2 Å². The van der Waals surface area contributed by atoms with E-state index in [1.165, 1.54) is 31.5 Å². The molecule has 0 aromatic heterocycles. The van der Waals surface area contributed by atoms with E-state index < -0.39 is 5.82 Å². The van der Waals surface area contributed by atoms with Crippen LogP contribution in [0.3, 0.4) is 0 Å². The van der Waals surface area contributed by atoms with Crippen molar-refractivity contribution >= 4 is 23.5 Å². The highest BCUT2D eigenvalue weighted by atomic mass is 35.5. The highest BCUT2D eigenvalue weighted by molar-refractivity contribution is 6.33. The van der Waals surface area contributed by atoms with Crippen LogP contribution >= 0.6 is 11.6 Å². The molecule has 0 spiro atoms. The van der Waals surface area contributed by atoms with E-state index in [4.69, 9.17) is 16.3 Å². The third-order valence-corrected chi connectivity index (χ3v) is 2.81. The first-order valence-corrected chi connectivity index (χ1v) is 5.84. The van der Waals surface area contributed by atoms with Crippen molar-refractivity contribution in [3.63, 3.8) is 0 Å². The van der Waals surface area contributed by atoms with Gasteiger partial charge in [-0.2, -0.15) is 0 Å². The zero-order valence-electron chi connectivity index (χ0n) is 10.1. The number of ether oxygens (including phenoxy) is 1. The smallest absolute Gasteiger partial charge is 0.166 e. The number of phenols is 1. The Kier molecular flexibility index (Phi) is 4.02. The van der Waals surface area contributed by atoms with Gasteiger partial charge in [0, 0.05) is 11.8 Å². The molecule has 0 radical (unpaired) electrons. The molecule has 0 aliphatic rings. The van der Waals surface area contributed by atoms with Gasteiger partial charge in [-0.15, -0.1) is 0 Å². The summed E-state index contributed by atoms with van der Waals surface area (Å²) in [5, 5.41) is 10.1. The Balaban J connectivity index is 2.32. The SMILES string of the molecule is COc1cccc(C=Nc2ccc(F)cc2Cl)c1O. The Morgan fingerprint density at radius 1 is 1.32 bits per heavy atom. The number of para-hydroxylation sites is 1. The molecule has 2 aromatic rings.